The molecule has 1 N–H and O–H groups in total. The number of aryl methyl sites for hydroxylation is 2. The number of nitrogens with one attached hydrogen (secondary N) is 1. The van der Waals surface area contributed by atoms with Crippen LogP contribution in [0.2, 0.25) is 0 Å². The molecule has 3 rings (SSSR count). The van der Waals surface area contributed by atoms with Crippen molar-refractivity contribution in [3.63, 3.8) is 0 Å². The second-order valence-electron chi connectivity index (χ2n) is 5.14. The molecular formula is C17H15NO2S. The van der Waals surface area contributed by atoms with Gasteiger partial charge in [-0.25, -0.2) is 0 Å². The third kappa shape index (κ3) is 2.43. The number of hydrogen-bond donors (Lipinski definition) is 1. The lowest BCUT2D eigenvalue weighted by atomic mass is 9.95. The maximum atomic E-state index is 11.9. The third-order valence-corrected chi connectivity index (χ3v) is 4.60. The maximum absolute atomic E-state index is 11.9. The topological polar surface area (TPSA) is 46.2 Å². The summed E-state index contributed by atoms with van der Waals surface area (Å²) in [5.74, 6) is 0. The lowest BCUT2D eigenvalue weighted by Crippen LogP contribution is -2.36. The van der Waals surface area contributed by atoms with Crippen molar-refractivity contribution < 1.29 is 0 Å². The number of hydrogen-bond acceptors (Lipinski definition) is 4. The Balaban J connectivity index is 1.92. The van der Waals surface area contributed by atoms with Crippen molar-refractivity contribution in [2.24, 2.45) is 0 Å². The van der Waals surface area contributed by atoms with Crippen molar-refractivity contribution in [2.45, 2.75) is 20.4 Å². The summed E-state index contributed by atoms with van der Waals surface area (Å²) in [4.78, 5) is 24.8. The summed E-state index contributed by atoms with van der Waals surface area (Å²) in [6, 6.07) is 9.80. The monoisotopic (exact) mass is 297 g/mol. The Morgan fingerprint density at radius 1 is 1.05 bits per heavy atom. The number of rotatable bonds is 4. The molecule has 0 fully saturated rings. The van der Waals surface area contributed by atoms with E-state index in [0.717, 1.165) is 16.0 Å². The predicted molar refractivity (Wildman–Crippen MR) is 87.9 cm³/mol. The molecule has 1 aromatic heterocycles. The zero-order valence-corrected chi connectivity index (χ0v) is 12.7. The molecule has 3 nitrogen and oxygen atoms in total. The van der Waals surface area contributed by atoms with E-state index in [0.29, 0.717) is 17.8 Å². The first-order valence-corrected chi connectivity index (χ1v) is 7.63. The summed E-state index contributed by atoms with van der Waals surface area (Å²) in [7, 11) is 0. The minimum Gasteiger partial charge on any atom is -0.376 e. The van der Waals surface area contributed by atoms with Gasteiger partial charge < -0.3 is 5.32 Å². The highest BCUT2D eigenvalue weighted by molar-refractivity contribution is 7.09. The van der Waals surface area contributed by atoms with Crippen LogP contribution in [0, 0.1) is 13.8 Å². The summed E-state index contributed by atoms with van der Waals surface area (Å²) >= 11 is 1.62. The molecule has 0 saturated carbocycles. The number of anilines is 1. The van der Waals surface area contributed by atoms with Crippen molar-refractivity contribution in [3.8, 4) is 11.1 Å². The summed E-state index contributed by atoms with van der Waals surface area (Å²) in [5.41, 5.74) is 3.25. The van der Waals surface area contributed by atoms with Crippen molar-refractivity contribution in [2.75, 3.05) is 5.32 Å². The zero-order chi connectivity index (χ0) is 15.0. The van der Waals surface area contributed by atoms with E-state index in [4.69, 9.17) is 0 Å². The molecule has 0 atom stereocenters. The summed E-state index contributed by atoms with van der Waals surface area (Å²) in [5, 5.41) is 5.09. The number of thiophene rings is 1. The fourth-order valence-corrected chi connectivity index (χ4v) is 2.97. The van der Waals surface area contributed by atoms with E-state index in [2.05, 4.69) is 5.32 Å². The Bertz CT molecular complexity index is 856. The van der Waals surface area contributed by atoms with Crippen LogP contribution in [-0.4, -0.2) is 0 Å². The average molecular weight is 297 g/mol. The standard InChI is InChI=1S/C17H15NO2S/c1-10-5-6-12(8-11(10)2)14-15(17(20)16(14)19)18-9-13-4-3-7-21-13/h3-8,18H,9H2,1-2H3. The van der Waals surface area contributed by atoms with Crippen LogP contribution in [0.1, 0.15) is 16.0 Å². The highest BCUT2D eigenvalue weighted by atomic mass is 32.1. The summed E-state index contributed by atoms with van der Waals surface area (Å²) in [6.07, 6.45) is 0. The molecule has 0 saturated heterocycles. The molecule has 2 aromatic carbocycles. The highest BCUT2D eigenvalue weighted by Gasteiger charge is 2.22. The lowest BCUT2D eigenvalue weighted by Gasteiger charge is -2.14. The van der Waals surface area contributed by atoms with Gasteiger partial charge in [-0.3, -0.25) is 9.59 Å². The van der Waals surface area contributed by atoms with Gasteiger partial charge in [-0.1, -0.05) is 24.3 Å². The van der Waals surface area contributed by atoms with Gasteiger partial charge in [0.1, 0.15) is 0 Å². The fraction of sp³-hybridized carbons (Fsp3) is 0.176. The van der Waals surface area contributed by atoms with Crippen LogP contribution in [0.25, 0.3) is 11.1 Å². The molecule has 0 bridgehead atoms. The first-order valence-electron chi connectivity index (χ1n) is 6.75. The zero-order valence-electron chi connectivity index (χ0n) is 11.9. The van der Waals surface area contributed by atoms with Crippen LogP contribution in [0.15, 0.2) is 45.3 Å². The number of benzene rings is 1. The van der Waals surface area contributed by atoms with Crippen molar-refractivity contribution >= 4 is 17.0 Å². The van der Waals surface area contributed by atoms with Crippen LogP contribution < -0.4 is 16.2 Å². The third-order valence-electron chi connectivity index (χ3n) is 3.73. The summed E-state index contributed by atoms with van der Waals surface area (Å²) in [6.45, 7) is 4.60. The molecular weight excluding hydrogens is 282 g/mol. The molecule has 0 spiro atoms. The smallest absolute Gasteiger partial charge is 0.250 e. The maximum Gasteiger partial charge on any atom is 0.250 e. The SMILES string of the molecule is Cc1ccc(-c2c(NCc3cccs3)c(=O)c2=O)cc1C. The van der Waals surface area contributed by atoms with E-state index in [9.17, 15) is 9.59 Å². The van der Waals surface area contributed by atoms with Gasteiger partial charge in [0.25, 0.3) is 0 Å². The quantitative estimate of drug-likeness (QED) is 0.752. The van der Waals surface area contributed by atoms with Gasteiger partial charge in [0.05, 0.1) is 11.3 Å². The molecule has 1 heterocycles. The molecule has 3 aromatic rings. The molecule has 106 valence electrons. The molecule has 0 radical (unpaired) electrons. The largest absolute Gasteiger partial charge is 0.376 e. The summed E-state index contributed by atoms with van der Waals surface area (Å²) < 4.78 is 0. The molecule has 21 heavy (non-hydrogen) atoms. The first kappa shape index (κ1) is 13.8. The molecule has 0 aliphatic rings. The van der Waals surface area contributed by atoms with Crippen LogP contribution >= 0.6 is 11.3 Å². The molecule has 0 aliphatic carbocycles. The normalized spacial score (nSPS) is 11.0. The van der Waals surface area contributed by atoms with Gasteiger partial charge in [-0.2, -0.15) is 0 Å². The van der Waals surface area contributed by atoms with Crippen LogP contribution in [0.4, 0.5) is 5.69 Å². The van der Waals surface area contributed by atoms with E-state index < -0.39 is 10.9 Å². The van der Waals surface area contributed by atoms with E-state index in [1.54, 1.807) is 11.3 Å². The fourth-order valence-electron chi connectivity index (χ4n) is 2.32. The Labute approximate surface area is 126 Å². The Hall–Kier alpha value is -2.20. The Morgan fingerprint density at radius 2 is 1.86 bits per heavy atom. The van der Waals surface area contributed by atoms with Gasteiger partial charge in [-0.05, 0) is 42.0 Å². The predicted octanol–water partition coefficient (Wildman–Crippen LogP) is 3.24. The van der Waals surface area contributed by atoms with Crippen molar-refractivity contribution in [1.82, 2.24) is 0 Å². The Morgan fingerprint density at radius 3 is 2.52 bits per heavy atom. The molecule has 0 aliphatic heterocycles. The molecule has 0 unspecified atom stereocenters. The lowest BCUT2D eigenvalue weighted by molar-refractivity contribution is 1.16. The minimum absolute atomic E-state index is 0.396. The van der Waals surface area contributed by atoms with E-state index in [1.807, 2.05) is 49.6 Å². The van der Waals surface area contributed by atoms with Gasteiger partial charge >= 0.3 is 0 Å². The highest BCUT2D eigenvalue weighted by Crippen LogP contribution is 2.26. The second-order valence-corrected chi connectivity index (χ2v) is 6.17. The van der Waals surface area contributed by atoms with Crippen LogP contribution in [0.3, 0.4) is 0 Å². The van der Waals surface area contributed by atoms with E-state index >= 15 is 0 Å². The van der Waals surface area contributed by atoms with Crippen LogP contribution in [-0.2, 0) is 6.54 Å². The second kappa shape index (κ2) is 5.30. The first-order chi connectivity index (χ1) is 10.1. The molecule has 0 amide bonds. The van der Waals surface area contributed by atoms with Gasteiger partial charge in [0, 0.05) is 11.4 Å². The van der Waals surface area contributed by atoms with Gasteiger partial charge in [-0.15, -0.1) is 11.3 Å². The van der Waals surface area contributed by atoms with Gasteiger partial charge in [0.15, 0.2) is 0 Å². The average Bonchev–Trinajstić information content (AvgIpc) is 2.99. The minimum atomic E-state index is -0.417. The van der Waals surface area contributed by atoms with Crippen LogP contribution in [0.5, 0.6) is 0 Å². The van der Waals surface area contributed by atoms with Crippen molar-refractivity contribution in [1.29, 1.82) is 0 Å². The van der Waals surface area contributed by atoms with Gasteiger partial charge in [0.2, 0.25) is 10.9 Å². The Kier molecular flexibility index (Phi) is 3.47. The van der Waals surface area contributed by atoms with E-state index in [1.165, 1.54) is 5.56 Å². The van der Waals surface area contributed by atoms with Crippen molar-refractivity contribution in [3.05, 3.63) is 72.2 Å². The van der Waals surface area contributed by atoms with E-state index in [-0.39, 0.29) is 0 Å². The molecule has 4 heteroatoms.